The van der Waals surface area contributed by atoms with Crippen LogP contribution < -0.4 is 0 Å². The summed E-state index contributed by atoms with van der Waals surface area (Å²) < 4.78 is 0. The Balaban J connectivity index is 2.37. The fraction of sp³-hybridized carbons (Fsp3) is 0.333. The zero-order valence-electron chi connectivity index (χ0n) is 10.3. The van der Waals surface area contributed by atoms with Gasteiger partial charge in [0.1, 0.15) is 0 Å². The van der Waals surface area contributed by atoms with E-state index in [2.05, 4.69) is 11.9 Å². The molecule has 0 aliphatic heterocycles. The third kappa shape index (κ3) is 1.50. The number of carboxylic acid groups (broad SMARTS) is 1. The number of rotatable bonds is 2. The first kappa shape index (κ1) is 11.2. The molecular weight excluding hydrogens is 226 g/mol. The van der Waals surface area contributed by atoms with E-state index in [4.69, 9.17) is 0 Å². The predicted octanol–water partition coefficient (Wildman–Crippen LogP) is 3.37. The average molecular weight is 241 g/mol. The summed E-state index contributed by atoms with van der Waals surface area (Å²) in [7, 11) is 0. The van der Waals surface area contributed by atoms with Crippen LogP contribution in [0.2, 0.25) is 0 Å². The standard InChI is InChI=1S/C15H15NO2/c1-2-9-7-8-11-13(15(17)18)10-5-3-4-6-12(10)16-14(9)11/h3-6,9H,2,7-8H2,1H3,(H,17,18). The maximum atomic E-state index is 11.5. The smallest absolute Gasteiger partial charge is 0.336 e. The molecule has 3 heteroatoms. The van der Waals surface area contributed by atoms with Crippen molar-refractivity contribution in [2.45, 2.75) is 32.1 Å². The highest BCUT2D eigenvalue weighted by atomic mass is 16.4. The lowest BCUT2D eigenvalue weighted by Gasteiger charge is -2.11. The first-order valence-corrected chi connectivity index (χ1v) is 6.37. The molecule has 1 heterocycles. The Labute approximate surface area is 105 Å². The van der Waals surface area contributed by atoms with Gasteiger partial charge in [-0.25, -0.2) is 4.79 Å². The van der Waals surface area contributed by atoms with Gasteiger partial charge in [-0.15, -0.1) is 0 Å². The van der Waals surface area contributed by atoms with Crippen LogP contribution in [0.25, 0.3) is 10.9 Å². The lowest BCUT2D eigenvalue weighted by Crippen LogP contribution is -2.06. The molecule has 0 saturated carbocycles. The number of aromatic nitrogens is 1. The molecule has 3 rings (SSSR count). The van der Waals surface area contributed by atoms with Gasteiger partial charge in [0, 0.05) is 17.0 Å². The molecule has 1 aromatic carbocycles. The Hall–Kier alpha value is -1.90. The highest BCUT2D eigenvalue weighted by Crippen LogP contribution is 2.38. The van der Waals surface area contributed by atoms with Crippen LogP contribution in [-0.2, 0) is 6.42 Å². The van der Waals surface area contributed by atoms with Gasteiger partial charge < -0.3 is 5.11 Å². The Morgan fingerprint density at radius 2 is 2.22 bits per heavy atom. The minimum absolute atomic E-state index is 0.419. The van der Waals surface area contributed by atoms with Crippen molar-refractivity contribution in [1.82, 2.24) is 4.98 Å². The largest absolute Gasteiger partial charge is 0.478 e. The molecule has 0 fully saturated rings. The predicted molar refractivity (Wildman–Crippen MR) is 70.1 cm³/mol. The molecule has 18 heavy (non-hydrogen) atoms. The van der Waals surface area contributed by atoms with Gasteiger partial charge in [0.2, 0.25) is 0 Å². The second-order valence-corrected chi connectivity index (χ2v) is 4.82. The minimum atomic E-state index is -0.832. The number of carbonyl (C=O) groups is 1. The summed E-state index contributed by atoms with van der Waals surface area (Å²) in [5.74, 6) is -0.413. The molecule has 1 aliphatic rings. The quantitative estimate of drug-likeness (QED) is 0.876. The van der Waals surface area contributed by atoms with E-state index in [-0.39, 0.29) is 0 Å². The summed E-state index contributed by atoms with van der Waals surface area (Å²) >= 11 is 0. The number of benzene rings is 1. The number of hydrogen-bond donors (Lipinski definition) is 1. The van der Waals surface area contributed by atoms with Crippen LogP contribution in [0.15, 0.2) is 24.3 Å². The maximum Gasteiger partial charge on any atom is 0.336 e. The van der Waals surface area contributed by atoms with Gasteiger partial charge in [-0.05, 0) is 30.9 Å². The molecule has 92 valence electrons. The zero-order chi connectivity index (χ0) is 12.7. The Kier molecular flexibility index (Phi) is 2.54. The van der Waals surface area contributed by atoms with Crippen molar-refractivity contribution in [3.8, 4) is 0 Å². The number of nitrogens with zero attached hydrogens (tertiary/aromatic N) is 1. The van der Waals surface area contributed by atoms with E-state index in [9.17, 15) is 9.90 Å². The van der Waals surface area contributed by atoms with Gasteiger partial charge in [0.15, 0.2) is 0 Å². The van der Waals surface area contributed by atoms with Gasteiger partial charge in [0.05, 0.1) is 11.1 Å². The van der Waals surface area contributed by atoms with Crippen LogP contribution in [0.5, 0.6) is 0 Å². The van der Waals surface area contributed by atoms with Crippen molar-refractivity contribution in [3.05, 3.63) is 41.1 Å². The summed E-state index contributed by atoms with van der Waals surface area (Å²) in [5, 5.41) is 10.2. The first-order valence-electron chi connectivity index (χ1n) is 6.37. The molecular formula is C15H15NO2. The fourth-order valence-corrected chi connectivity index (χ4v) is 2.96. The molecule has 0 amide bonds. The number of para-hydroxylation sites is 1. The van der Waals surface area contributed by atoms with Crippen molar-refractivity contribution >= 4 is 16.9 Å². The number of aromatic carboxylic acids is 1. The summed E-state index contributed by atoms with van der Waals surface area (Å²) in [6, 6.07) is 7.52. The minimum Gasteiger partial charge on any atom is -0.478 e. The second kappa shape index (κ2) is 4.09. The Morgan fingerprint density at radius 3 is 2.94 bits per heavy atom. The van der Waals surface area contributed by atoms with E-state index in [1.54, 1.807) is 0 Å². The number of hydrogen-bond acceptors (Lipinski definition) is 2. The summed E-state index contributed by atoms with van der Waals surface area (Å²) in [6.07, 6.45) is 2.89. The van der Waals surface area contributed by atoms with Gasteiger partial charge in [0.25, 0.3) is 0 Å². The lowest BCUT2D eigenvalue weighted by atomic mass is 9.99. The van der Waals surface area contributed by atoms with Crippen molar-refractivity contribution in [2.24, 2.45) is 0 Å². The summed E-state index contributed by atoms with van der Waals surface area (Å²) in [6.45, 7) is 2.14. The number of pyridine rings is 1. The lowest BCUT2D eigenvalue weighted by molar-refractivity contribution is 0.0698. The molecule has 0 saturated heterocycles. The van der Waals surface area contributed by atoms with E-state index >= 15 is 0 Å². The van der Waals surface area contributed by atoms with Crippen LogP contribution in [0.1, 0.15) is 47.3 Å². The monoisotopic (exact) mass is 241 g/mol. The van der Waals surface area contributed by atoms with Crippen molar-refractivity contribution in [3.63, 3.8) is 0 Å². The van der Waals surface area contributed by atoms with Crippen molar-refractivity contribution < 1.29 is 9.90 Å². The van der Waals surface area contributed by atoms with Crippen molar-refractivity contribution in [1.29, 1.82) is 0 Å². The molecule has 0 bridgehead atoms. The summed E-state index contributed by atoms with van der Waals surface area (Å²) in [5.41, 5.74) is 3.22. The first-order chi connectivity index (χ1) is 8.72. The Bertz CT molecular complexity index is 634. The maximum absolute atomic E-state index is 11.5. The zero-order valence-corrected chi connectivity index (χ0v) is 10.3. The van der Waals surface area contributed by atoms with Gasteiger partial charge >= 0.3 is 5.97 Å². The fourth-order valence-electron chi connectivity index (χ4n) is 2.96. The molecule has 1 aromatic heterocycles. The molecule has 2 aromatic rings. The van der Waals surface area contributed by atoms with E-state index < -0.39 is 5.97 Å². The van der Waals surface area contributed by atoms with Gasteiger partial charge in [-0.2, -0.15) is 0 Å². The molecule has 1 atom stereocenters. The molecule has 1 unspecified atom stereocenters. The molecule has 0 radical (unpaired) electrons. The number of carboxylic acids is 1. The summed E-state index contributed by atoms with van der Waals surface area (Å²) in [4.78, 5) is 16.2. The molecule has 1 aliphatic carbocycles. The van der Waals surface area contributed by atoms with Gasteiger partial charge in [-0.1, -0.05) is 25.1 Å². The van der Waals surface area contributed by atoms with Crippen LogP contribution >= 0.6 is 0 Å². The number of fused-ring (bicyclic) bond motifs is 2. The van der Waals surface area contributed by atoms with E-state index in [0.717, 1.165) is 41.4 Å². The molecule has 3 nitrogen and oxygen atoms in total. The SMILES string of the molecule is CCC1CCc2c1nc1ccccc1c2C(=O)O. The van der Waals surface area contributed by atoms with Crippen LogP contribution in [0.3, 0.4) is 0 Å². The highest BCUT2D eigenvalue weighted by Gasteiger charge is 2.28. The van der Waals surface area contributed by atoms with Crippen LogP contribution in [0.4, 0.5) is 0 Å². The van der Waals surface area contributed by atoms with E-state index in [1.807, 2.05) is 24.3 Å². The van der Waals surface area contributed by atoms with E-state index in [1.165, 1.54) is 0 Å². The third-order valence-corrected chi connectivity index (χ3v) is 3.86. The van der Waals surface area contributed by atoms with E-state index in [0.29, 0.717) is 11.5 Å². The second-order valence-electron chi connectivity index (χ2n) is 4.82. The van der Waals surface area contributed by atoms with Gasteiger partial charge in [-0.3, -0.25) is 4.98 Å². The molecule has 0 spiro atoms. The molecule has 1 N–H and O–H groups in total. The van der Waals surface area contributed by atoms with Crippen LogP contribution in [-0.4, -0.2) is 16.1 Å². The average Bonchev–Trinajstić information content (AvgIpc) is 2.77. The normalized spacial score (nSPS) is 17.9. The Morgan fingerprint density at radius 1 is 1.44 bits per heavy atom. The highest BCUT2D eigenvalue weighted by molar-refractivity contribution is 6.04. The third-order valence-electron chi connectivity index (χ3n) is 3.86. The topological polar surface area (TPSA) is 50.2 Å². The van der Waals surface area contributed by atoms with Crippen LogP contribution in [0, 0.1) is 0 Å². The van der Waals surface area contributed by atoms with Crippen molar-refractivity contribution in [2.75, 3.05) is 0 Å².